The predicted molar refractivity (Wildman–Crippen MR) is 95.9 cm³/mol. The summed E-state index contributed by atoms with van der Waals surface area (Å²) in [6.45, 7) is 0. The van der Waals surface area contributed by atoms with E-state index in [1.54, 1.807) is 17.8 Å². The van der Waals surface area contributed by atoms with Crippen molar-refractivity contribution in [3.63, 3.8) is 0 Å². The number of rotatable bonds is 9. The van der Waals surface area contributed by atoms with E-state index in [-0.39, 0.29) is 22.6 Å². The van der Waals surface area contributed by atoms with E-state index in [1.807, 2.05) is 6.26 Å². The summed E-state index contributed by atoms with van der Waals surface area (Å²) in [6.07, 6.45) is 4.17. The van der Waals surface area contributed by atoms with Crippen LogP contribution in [0.25, 0.3) is 0 Å². The van der Waals surface area contributed by atoms with Crippen LogP contribution in [-0.4, -0.2) is 45.5 Å². The van der Waals surface area contributed by atoms with Gasteiger partial charge in [-0.25, -0.2) is 13.1 Å². The molecule has 0 saturated heterocycles. The smallest absolute Gasteiger partial charge is 0.244 e. The van der Waals surface area contributed by atoms with E-state index in [4.69, 9.17) is 10.5 Å². The Balaban J connectivity index is 2.17. The van der Waals surface area contributed by atoms with Crippen LogP contribution < -0.4 is 20.5 Å². The van der Waals surface area contributed by atoms with Gasteiger partial charge in [-0.3, -0.25) is 4.79 Å². The highest BCUT2D eigenvalue weighted by Gasteiger charge is 2.30. The molecule has 0 aliphatic heterocycles. The number of sulfonamides is 1. The lowest BCUT2D eigenvalue weighted by atomic mass is 10.2. The third-order valence-corrected chi connectivity index (χ3v) is 5.78. The average molecular weight is 374 g/mol. The molecule has 0 unspecified atom stereocenters. The maximum atomic E-state index is 12.4. The number of amides is 1. The molecule has 1 saturated carbocycles. The Hall–Kier alpha value is -1.29. The molecule has 1 aromatic carbocycles. The first-order valence-electron chi connectivity index (χ1n) is 7.63. The molecule has 1 fully saturated rings. The molecule has 1 aromatic rings. The van der Waals surface area contributed by atoms with Gasteiger partial charge in [-0.2, -0.15) is 11.8 Å². The summed E-state index contributed by atoms with van der Waals surface area (Å²) < 4.78 is 32.6. The lowest BCUT2D eigenvalue weighted by Gasteiger charge is -2.15. The summed E-state index contributed by atoms with van der Waals surface area (Å²) >= 11 is 1.61. The standard InChI is InChI=1S/C15H23N3O4S2/c1-22-13-6-5-11(17-15(19)12(16)7-8-23-2)9-14(13)24(20,21)18-10-3-4-10/h5-6,9-10,12,18H,3-4,7-8,16H2,1-2H3,(H,17,19)/t12-/m0/s1. The highest BCUT2D eigenvalue weighted by atomic mass is 32.2. The van der Waals surface area contributed by atoms with Crippen LogP contribution in [0.5, 0.6) is 5.75 Å². The maximum Gasteiger partial charge on any atom is 0.244 e. The number of nitrogens with two attached hydrogens (primary N) is 1. The Morgan fingerprint density at radius 1 is 1.46 bits per heavy atom. The van der Waals surface area contributed by atoms with Crippen molar-refractivity contribution in [3.05, 3.63) is 18.2 Å². The number of carbonyl (C=O) groups is 1. The first-order valence-corrected chi connectivity index (χ1v) is 10.5. The van der Waals surface area contributed by atoms with Gasteiger partial charge in [-0.1, -0.05) is 0 Å². The molecule has 1 amide bonds. The van der Waals surface area contributed by atoms with Gasteiger partial charge in [-0.05, 0) is 49.5 Å². The van der Waals surface area contributed by atoms with Crippen molar-refractivity contribution < 1.29 is 17.9 Å². The predicted octanol–water partition coefficient (Wildman–Crippen LogP) is 1.15. The topological polar surface area (TPSA) is 111 Å². The number of benzene rings is 1. The quantitative estimate of drug-likeness (QED) is 0.599. The summed E-state index contributed by atoms with van der Waals surface area (Å²) in [6, 6.07) is 3.85. The van der Waals surface area contributed by atoms with Gasteiger partial charge in [0.15, 0.2) is 0 Å². The van der Waals surface area contributed by atoms with E-state index in [1.165, 1.54) is 19.2 Å². The molecule has 0 radical (unpaired) electrons. The summed E-state index contributed by atoms with van der Waals surface area (Å²) in [4.78, 5) is 12.1. The molecule has 0 spiro atoms. The number of anilines is 1. The van der Waals surface area contributed by atoms with Crippen LogP contribution in [0.3, 0.4) is 0 Å². The van der Waals surface area contributed by atoms with E-state index in [9.17, 15) is 13.2 Å². The maximum absolute atomic E-state index is 12.4. The van der Waals surface area contributed by atoms with Crippen molar-refractivity contribution in [1.29, 1.82) is 0 Å². The monoisotopic (exact) mass is 373 g/mol. The van der Waals surface area contributed by atoms with Crippen LogP contribution in [0.15, 0.2) is 23.1 Å². The Labute approximate surface area is 146 Å². The summed E-state index contributed by atoms with van der Waals surface area (Å²) in [5, 5.41) is 2.66. The van der Waals surface area contributed by atoms with Gasteiger partial charge < -0.3 is 15.8 Å². The van der Waals surface area contributed by atoms with E-state index in [2.05, 4.69) is 10.0 Å². The van der Waals surface area contributed by atoms with Gasteiger partial charge in [0.05, 0.1) is 13.2 Å². The second-order valence-electron chi connectivity index (χ2n) is 5.64. The fourth-order valence-corrected chi connectivity index (χ4v) is 4.05. The van der Waals surface area contributed by atoms with Crippen molar-refractivity contribution in [2.24, 2.45) is 5.73 Å². The van der Waals surface area contributed by atoms with Gasteiger partial charge >= 0.3 is 0 Å². The molecule has 1 aliphatic carbocycles. The number of thioether (sulfide) groups is 1. The molecule has 134 valence electrons. The minimum atomic E-state index is -3.69. The zero-order valence-corrected chi connectivity index (χ0v) is 15.4. The molecule has 0 heterocycles. The van der Waals surface area contributed by atoms with Crippen LogP contribution in [-0.2, 0) is 14.8 Å². The van der Waals surface area contributed by atoms with E-state index in [0.29, 0.717) is 12.1 Å². The largest absolute Gasteiger partial charge is 0.495 e. The molecule has 24 heavy (non-hydrogen) atoms. The fraction of sp³-hybridized carbons (Fsp3) is 0.533. The number of hydrogen-bond donors (Lipinski definition) is 3. The lowest BCUT2D eigenvalue weighted by molar-refractivity contribution is -0.117. The van der Waals surface area contributed by atoms with Crippen LogP contribution in [0, 0.1) is 0 Å². The molecule has 0 aromatic heterocycles. The van der Waals surface area contributed by atoms with Gasteiger partial charge in [0.2, 0.25) is 15.9 Å². The third kappa shape index (κ3) is 5.10. The first kappa shape index (κ1) is 19.0. The van der Waals surface area contributed by atoms with Gasteiger partial charge in [0.1, 0.15) is 10.6 Å². The van der Waals surface area contributed by atoms with E-state index < -0.39 is 16.1 Å². The van der Waals surface area contributed by atoms with Crippen molar-refractivity contribution in [1.82, 2.24) is 4.72 Å². The molecule has 2 rings (SSSR count). The van der Waals surface area contributed by atoms with Crippen LogP contribution in [0.4, 0.5) is 5.69 Å². The number of methoxy groups -OCH3 is 1. The summed E-state index contributed by atoms with van der Waals surface area (Å²) in [5.41, 5.74) is 6.20. The molecular weight excluding hydrogens is 350 g/mol. The fourth-order valence-electron chi connectivity index (χ4n) is 2.06. The summed E-state index contributed by atoms with van der Waals surface area (Å²) in [5.74, 6) is 0.669. The molecule has 1 atom stereocenters. The SMILES string of the molecule is COc1ccc(NC(=O)[C@@H](N)CCSC)cc1S(=O)(=O)NC1CC1. The number of ether oxygens (including phenoxy) is 1. The molecule has 0 bridgehead atoms. The minimum Gasteiger partial charge on any atom is -0.495 e. The zero-order valence-electron chi connectivity index (χ0n) is 13.7. The van der Waals surface area contributed by atoms with Gasteiger partial charge in [0.25, 0.3) is 0 Å². The van der Waals surface area contributed by atoms with E-state index >= 15 is 0 Å². The Kier molecular flexibility index (Phi) is 6.50. The molecule has 9 heteroatoms. The van der Waals surface area contributed by atoms with Gasteiger partial charge in [-0.15, -0.1) is 0 Å². The molecule has 1 aliphatic rings. The number of carbonyl (C=O) groups excluding carboxylic acids is 1. The highest BCUT2D eigenvalue weighted by Crippen LogP contribution is 2.29. The van der Waals surface area contributed by atoms with Crippen LogP contribution >= 0.6 is 11.8 Å². The first-order chi connectivity index (χ1) is 11.4. The van der Waals surface area contributed by atoms with Crippen molar-refractivity contribution in [2.45, 2.75) is 36.2 Å². The number of hydrogen-bond acceptors (Lipinski definition) is 6. The van der Waals surface area contributed by atoms with Gasteiger partial charge in [0, 0.05) is 11.7 Å². The third-order valence-electron chi connectivity index (χ3n) is 3.59. The normalized spacial score (nSPS) is 15.8. The Bertz CT molecular complexity index is 690. The second kappa shape index (κ2) is 8.19. The highest BCUT2D eigenvalue weighted by molar-refractivity contribution is 7.98. The van der Waals surface area contributed by atoms with Crippen molar-refractivity contribution in [3.8, 4) is 5.75 Å². The van der Waals surface area contributed by atoms with Crippen LogP contribution in [0.2, 0.25) is 0 Å². The Morgan fingerprint density at radius 3 is 2.75 bits per heavy atom. The van der Waals surface area contributed by atoms with Crippen molar-refractivity contribution >= 4 is 33.4 Å². The number of nitrogens with one attached hydrogen (secondary N) is 2. The zero-order chi connectivity index (χ0) is 17.7. The molecular formula is C15H23N3O4S2. The second-order valence-corrected chi connectivity index (χ2v) is 8.31. The van der Waals surface area contributed by atoms with Crippen molar-refractivity contribution in [2.75, 3.05) is 24.4 Å². The van der Waals surface area contributed by atoms with Crippen LogP contribution in [0.1, 0.15) is 19.3 Å². The molecule has 4 N–H and O–H groups in total. The van der Waals surface area contributed by atoms with E-state index in [0.717, 1.165) is 18.6 Å². The Morgan fingerprint density at radius 2 is 2.17 bits per heavy atom. The minimum absolute atomic E-state index is 0.00684. The average Bonchev–Trinajstić information content (AvgIpc) is 3.35. The summed E-state index contributed by atoms with van der Waals surface area (Å²) in [7, 11) is -2.29. The lowest BCUT2D eigenvalue weighted by Crippen LogP contribution is -2.36. The molecule has 7 nitrogen and oxygen atoms in total.